The average molecular weight is 289 g/mol. The molecule has 0 aliphatic carbocycles. The molecule has 0 spiro atoms. The summed E-state index contributed by atoms with van der Waals surface area (Å²) < 4.78 is 0. The summed E-state index contributed by atoms with van der Waals surface area (Å²) in [5.74, 6) is 0. The van der Waals surface area contributed by atoms with Crippen molar-refractivity contribution in [3.63, 3.8) is 0 Å². The summed E-state index contributed by atoms with van der Waals surface area (Å²) in [4.78, 5) is 2.70. The molecule has 2 aromatic rings. The molecule has 2 bridgehead atoms. The maximum Gasteiger partial charge on any atom is 0.0291 e. The standard InChI is InChI=1S/C21H23N/c1-16-7-9-18(10-8-16)19-13-20-11-12-21(14-19)22(20)15-17-5-3-2-4-6-17/h2-10,13,20-21H,11-12,14-15H2,1H3/t20-,21-/m1/s1. The smallest absolute Gasteiger partial charge is 0.0291 e. The molecule has 4 rings (SSSR count). The molecule has 2 atom stereocenters. The second-order valence-corrected chi connectivity index (χ2v) is 6.72. The lowest BCUT2D eigenvalue weighted by Crippen LogP contribution is -2.37. The van der Waals surface area contributed by atoms with Crippen molar-refractivity contribution in [2.75, 3.05) is 0 Å². The van der Waals surface area contributed by atoms with Crippen LogP contribution in [-0.4, -0.2) is 17.0 Å². The molecule has 0 radical (unpaired) electrons. The molecule has 1 heteroatoms. The molecular weight excluding hydrogens is 266 g/mol. The van der Waals surface area contributed by atoms with Crippen LogP contribution in [0.1, 0.15) is 36.0 Å². The summed E-state index contributed by atoms with van der Waals surface area (Å²) in [5, 5.41) is 0. The van der Waals surface area contributed by atoms with Crippen molar-refractivity contribution < 1.29 is 0 Å². The fraction of sp³-hybridized carbons (Fsp3) is 0.333. The van der Waals surface area contributed by atoms with Gasteiger partial charge in [-0.25, -0.2) is 0 Å². The Bertz CT molecular complexity index is 669. The van der Waals surface area contributed by atoms with Gasteiger partial charge in [0.05, 0.1) is 0 Å². The predicted octanol–water partition coefficient (Wildman–Crippen LogP) is 4.82. The minimum absolute atomic E-state index is 0.621. The Kier molecular flexibility index (Phi) is 3.59. The molecule has 0 saturated carbocycles. The van der Waals surface area contributed by atoms with E-state index in [-0.39, 0.29) is 0 Å². The molecule has 0 aromatic heterocycles. The van der Waals surface area contributed by atoms with E-state index in [9.17, 15) is 0 Å². The van der Waals surface area contributed by atoms with Gasteiger partial charge in [-0.15, -0.1) is 0 Å². The van der Waals surface area contributed by atoms with Crippen molar-refractivity contribution in [2.45, 2.75) is 44.8 Å². The van der Waals surface area contributed by atoms with Crippen molar-refractivity contribution in [2.24, 2.45) is 0 Å². The zero-order chi connectivity index (χ0) is 14.9. The molecule has 2 aliphatic rings. The van der Waals surface area contributed by atoms with E-state index in [1.807, 2.05) is 0 Å². The molecule has 0 unspecified atom stereocenters. The zero-order valence-corrected chi connectivity index (χ0v) is 13.2. The van der Waals surface area contributed by atoms with Gasteiger partial charge in [0.1, 0.15) is 0 Å². The van der Waals surface area contributed by atoms with Crippen LogP contribution in [0.4, 0.5) is 0 Å². The van der Waals surface area contributed by atoms with Crippen LogP contribution in [0.2, 0.25) is 0 Å². The first kappa shape index (κ1) is 13.8. The van der Waals surface area contributed by atoms with Gasteiger partial charge in [0.25, 0.3) is 0 Å². The molecule has 2 aromatic carbocycles. The highest BCUT2D eigenvalue weighted by Gasteiger charge is 2.36. The SMILES string of the molecule is Cc1ccc(C2=C[C@H]3CC[C@H](C2)N3Cc2ccccc2)cc1. The summed E-state index contributed by atoms with van der Waals surface area (Å²) >= 11 is 0. The molecular formula is C21H23N. The Hall–Kier alpha value is -1.86. The summed E-state index contributed by atoms with van der Waals surface area (Å²) in [6.07, 6.45) is 6.37. The quantitative estimate of drug-likeness (QED) is 0.783. The van der Waals surface area contributed by atoms with Gasteiger partial charge in [-0.3, -0.25) is 4.90 Å². The zero-order valence-electron chi connectivity index (χ0n) is 13.2. The highest BCUT2D eigenvalue weighted by Crippen LogP contribution is 2.39. The first-order valence-electron chi connectivity index (χ1n) is 8.37. The largest absolute Gasteiger partial charge is 0.289 e. The van der Waals surface area contributed by atoms with Crippen LogP contribution in [0.25, 0.3) is 5.57 Å². The molecule has 2 heterocycles. The van der Waals surface area contributed by atoms with E-state index in [4.69, 9.17) is 0 Å². The molecule has 1 fully saturated rings. The molecule has 2 aliphatic heterocycles. The third-order valence-corrected chi connectivity index (χ3v) is 5.17. The minimum Gasteiger partial charge on any atom is -0.289 e. The maximum absolute atomic E-state index is 2.70. The van der Waals surface area contributed by atoms with Gasteiger partial charge >= 0.3 is 0 Å². The lowest BCUT2D eigenvalue weighted by molar-refractivity contribution is 0.203. The Morgan fingerprint density at radius 3 is 2.45 bits per heavy atom. The summed E-state index contributed by atoms with van der Waals surface area (Å²) in [6.45, 7) is 3.25. The van der Waals surface area contributed by atoms with Crippen molar-refractivity contribution >= 4 is 5.57 Å². The van der Waals surface area contributed by atoms with E-state index in [1.165, 1.54) is 36.0 Å². The number of benzene rings is 2. The van der Waals surface area contributed by atoms with Gasteiger partial charge in [0.15, 0.2) is 0 Å². The van der Waals surface area contributed by atoms with Crippen LogP contribution in [-0.2, 0) is 6.54 Å². The van der Waals surface area contributed by atoms with Crippen molar-refractivity contribution in [1.82, 2.24) is 4.90 Å². The van der Waals surface area contributed by atoms with E-state index in [2.05, 4.69) is 72.5 Å². The topological polar surface area (TPSA) is 3.24 Å². The number of hydrogen-bond acceptors (Lipinski definition) is 1. The Morgan fingerprint density at radius 1 is 0.955 bits per heavy atom. The van der Waals surface area contributed by atoms with Crippen LogP contribution < -0.4 is 0 Å². The lowest BCUT2D eigenvalue weighted by Gasteiger charge is -2.34. The van der Waals surface area contributed by atoms with E-state index in [0.29, 0.717) is 12.1 Å². The number of hydrogen-bond donors (Lipinski definition) is 0. The Balaban J connectivity index is 1.56. The van der Waals surface area contributed by atoms with Crippen LogP contribution in [0.15, 0.2) is 60.7 Å². The van der Waals surface area contributed by atoms with Crippen molar-refractivity contribution in [1.29, 1.82) is 0 Å². The fourth-order valence-electron chi connectivity index (χ4n) is 3.94. The van der Waals surface area contributed by atoms with Gasteiger partial charge in [-0.1, -0.05) is 66.2 Å². The molecule has 1 saturated heterocycles. The first-order chi connectivity index (χ1) is 10.8. The van der Waals surface area contributed by atoms with Crippen LogP contribution in [0, 0.1) is 6.92 Å². The minimum atomic E-state index is 0.621. The van der Waals surface area contributed by atoms with Crippen molar-refractivity contribution in [3.05, 3.63) is 77.4 Å². The average Bonchev–Trinajstić information content (AvgIpc) is 2.79. The van der Waals surface area contributed by atoms with Crippen LogP contribution in [0.3, 0.4) is 0 Å². The van der Waals surface area contributed by atoms with Gasteiger partial charge in [-0.05, 0) is 42.9 Å². The highest BCUT2D eigenvalue weighted by molar-refractivity contribution is 5.68. The molecule has 0 amide bonds. The van der Waals surface area contributed by atoms with Gasteiger partial charge < -0.3 is 0 Å². The van der Waals surface area contributed by atoms with Crippen LogP contribution >= 0.6 is 0 Å². The number of aryl methyl sites for hydroxylation is 1. The monoisotopic (exact) mass is 289 g/mol. The van der Waals surface area contributed by atoms with Gasteiger partial charge in [-0.2, -0.15) is 0 Å². The Morgan fingerprint density at radius 2 is 1.73 bits per heavy atom. The molecule has 22 heavy (non-hydrogen) atoms. The van der Waals surface area contributed by atoms with Crippen LogP contribution in [0.5, 0.6) is 0 Å². The highest BCUT2D eigenvalue weighted by atomic mass is 15.2. The third-order valence-electron chi connectivity index (χ3n) is 5.17. The maximum atomic E-state index is 2.70. The number of nitrogens with zero attached hydrogens (tertiary/aromatic N) is 1. The molecule has 112 valence electrons. The number of rotatable bonds is 3. The first-order valence-corrected chi connectivity index (χ1v) is 8.37. The second-order valence-electron chi connectivity index (χ2n) is 6.72. The summed E-state index contributed by atoms with van der Waals surface area (Å²) in [5.41, 5.74) is 5.75. The van der Waals surface area contributed by atoms with E-state index in [1.54, 1.807) is 5.57 Å². The summed E-state index contributed by atoms with van der Waals surface area (Å²) in [6, 6.07) is 21.3. The molecule has 1 nitrogen and oxygen atoms in total. The van der Waals surface area contributed by atoms with E-state index < -0.39 is 0 Å². The third kappa shape index (κ3) is 2.62. The summed E-state index contributed by atoms with van der Waals surface area (Å²) in [7, 11) is 0. The normalized spacial score (nSPS) is 24.3. The van der Waals surface area contributed by atoms with Gasteiger partial charge in [0, 0.05) is 18.6 Å². The second kappa shape index (κ2) is 5.73. The van der Waals surface area contributed by atoms with Crippen molar-refractivity contribution in [3.8, 4) is 0 Å². The lowest BCUT2D eigenvalue weighted by atomic mass is 9.94. The fourth-order valence-corrected chi connectivity index (χ4v) is 3.94. The van der Waals surface area contributed by atoms with E-state index >= 15 is 0 Å². The Labute approximate surface area is 133 Å². The van der Waals surface area contributed by atoms with Gasteiger partial charge in [0.2, 0.25) is 0 Å². The van der Waals surface area contributed by atoms with E-state index in [0.717, 1.165) is 6.54 Å². The predicted molar refractivity (Wildman–Crippen MR) is 92.6 cm³/mol. The number of fused-ring (bicyclic) bond motifs is 2. The molecule has 0 N–H and O–H groups in total.